The molecule has 2 aromatic carbocycles. The Balaban J connectivity index is 1.75. The lowest BCUT2D eigenvalue weighted by Gasteiger charge is -2.11. The maximum Gasteiger partial charge on any atom is 0.338 e. The van der Waals surface area contributed by atoms with Crippen molar-refractivity contribution in [3.63, 3.8) is 0 Å². The molecule has 0 aliphatic carbocycles. The van der Waals surface area contributed by atoms with Gasteiger partial charge in [-0.25, -0.2) is 4.79 Å². The van der Waals surface area contributed by atoms with Crippen LogP contribution in [-0.2, 0) is 23.9 Å². The van der Waals surface area contributed by atoms with Crippen LogP contribution in [0.2, 0.25) is 0 Å². The van der Waals surface area contributed by atoms with E-state index in [0.717, 1.165) is 0 Å². The predicted octanol–water partition coefficient (Wildman–Crippen LogP) is 3.80. The Kier molecular flexibility index (Phi) is 10.6. The van der Waals surface area contributed by atoms with Crippen LogP contribution in [0.25, 0.3) is 0 Å². The summed E-state index contributed by atoms with van der Waals surface area (Å²) in [6.45, 7) is 5.95. The summed E-state index contributed by atoms with van der Waals surface area (Å²) < 4.78 is 15.5. The van der Waals surface area contributed by atoms with Gasteiger partial charge in [-0.1, -0.05) is 32.0 Å². The van der Waals surface area contributed by atoms with E-state index >= 15 is 0 Å². The standard InChI is InChI=1S/C25H30N2O7/c1-4-32-21-11-6-5-10-20(21)27-23(29)16-33-24(30)13-12-22(28)26-19-9-7-8-18(14-19)25(31)34-15-17(2)3/h5-11,14,17H,4,12-13,15-16H2,1-3H3,(H,26,28)(H,27,29). The molecule has 9 heteroatoms. The van der Waals surface area contributed by atoms with Gasteiger partial charge in [0.05, 0.1) is 30.9 Å². The fourth-order valence-electron chi connectivity index (χ4n) is 2.74. The van der Waals surface area contributed by atoms with Gasteiger partial charge in [-0.05, 0) is 43.2 Å². The highest BCUT2D eigenvalue weighted by molar-refractivity contribution is 5.96. The van der Waals surface area contributed by atoms with E-state index in [1.807, 2.05) is 20.8 Å². The van der Waals surface area contributed by atoms with E-state index in [-0.39, 0.29) is 18.8 Å². The highest BCUT2D eigenvalue weighted by Crippen LogP contribution is 2.23. The fraction of sp³-hybridized carbons (Fsp3) is 0.360. The Bertz CT molecular complexity index is 1000. The van der Waals surface area contributed by atoms with Crippen LogP contribution >= 0.6 is 0 Å². The van der Waals surface area contributed by atoms with Crippen molar-refractivity contribution in [3.05, 3.63) is 54.1 Å². The minimum absolute atomic E-state index is 0.143. The average molecular weight is 471 g/mol. The third-order valence-electron chi connectivity index (χ3n) is 4.31. The third-order valence-corrected chi connectivity index (χ3v) is 4.31. The van der Waals surface area contributed by atoms with Crippen molar-refractivity contribution in [1.29, 1.82) is 0 Å². The SMILES string of the molecule is CCOc1ccccc1NC(=O)COC(=O)CCC(=O)Nc1cccc(C(=O)OCC(C)C)c1. The largest absolute Gasteiger partial charge is 0.492 e. The Morgan fingerprint density at radius 1 is 0.882 bits per heavy atom. The summed E-state index contributed by atoms with van der Waals surface area (Å²) >= 11 is 0. The molecular weight excluding hydrogens is 440 g/mol. The molecule has 2 aromatic rings. The quantitative estimate of drug-likeness (QED) is 0.453. The van der Waals surface area contributed by atoms with Crippen molar-refractivity contribution in [1.82, 2.24) is 0 Å². The Labute approximate surface area is 198 Å². The van der Waals surface area contributed by atoms with E-state index in [4.69, 9.17) is 14.2 Å². The van der Waals surface area contributed by atoms with Crippen LogP contribution in [0.4, 0.5) is 11.4 Å². The molecule has 0 bridgehead atoms. The number of para-hydroxylation sites is 2. The number of hydrogen-bond donors (Lipinski definition) is 2. The third kappa shape index (κ3) is 9.32. The molecular formula is C25H30N2O7. The molecule has 0 unspecified atom stereocenters. The molecule has 0 aromatic heterocycles. The Morgan fingerprint density at radius 2 is 1.65 bits per heavy atom. The van der Waals surface area contributed by atoms with Crippen LogP contribution in [0.15, 0.2) is 48.5 Å². The summed E-state index contributed by atoms with van der Waals surface area (Å²) in [6, 6.07) is 13.3. The van der Waals surface area contributed by atoms with Crippen molar-refractivity contribution in [2.75, 3.05) is 30.5 Å². The molecule has 2 amide bonds. The van der Waals surface area contributed by atoms with E-state index in [9.17, 15) is 19.2 Å². The van der Waals surface area contributed by atoms with Crippen molar-refractivity contribution < 1.29 is 33.4 Å². The molecule has 0 radical (unpaired) electrons. The molecule has 2 rings (SSSR count). The van der Waals surface area contributed by atoms with Crippen molar-refractivity contribution >= 4 is 35.1 Å². The maximum atomic E-state index is 12.2. The van der Waals surface area contributed by atoms with Crippen LogP contribution < -0.4 is 15.4 Å². The van der Waals surface area contributed by atoms with Crippen LogP contribution in [0.3, 0.4) is 0 Å². The minimum Gasteiger partial charge on any atom is -0.492 e. The van der Waals surface area contributed by atoms with Crippen molar-refractivity contribution in [3.8, 4) is 5.75 Å². The van der Waals surface area contributed by atoms with E-state index < -0.39 is 30.4 Å². The minimum atomic E-state index is -0.686. The van der Waals surface area contributed by atoms with Crippen LogP contribution in [-0.4, -0.2) is 43.6 Å². The van der Waals surface area contributed by atoms with Gasteiger partial charge in [-0.2, -0.15) is 0 Å². The number of ether oxygens (including phenoxy) is 3. The highest BCUT2D eigenvalue weighted by atomic mass is 16.5. The second-order valence-electron chi connectivity index (χ2n) is 7.76. The normalized spacial score (nSPS) is 10.4. The highest BCUT2D eigenvalue weighted by Gasteiger charge is 2.14. The topological polar surface area (TPSA) is 120 Å². The molecule has 2 N–H and O–H groups in total. The number of anilines is 2. The molecule has 0 aliphatic heterocycles. The molecule has 0 atom stereocenters. The zero-order valence-electron chi connectivity index (χ0n) is 19.6. The summed E-state index contributed by atoms with van der Waals surface area (Å²) in [5.74, 6) is -1.39. The number of amides is 2. The monoisotopic (exact) mass is 470 g/mol. The van der Waals surface area contributed by atoms with Crippen LogP contribution in [0, 0.1) is 5.92 Å². The lowest BCUT2D eigenvalue weighted by atomic mass is 10.2. The van der Waals surface area contributed by atoms with Gasteiger partial charge in [0.2, 0.25) is 5.91 Å². The van der Waals surface area contributed by atoms with Crippen molar-refractivity contribution in [2.45, 2.75) is 33.6 Å². The lowest BCUT2D eigenvalue weighted by molar-refractivity contribution is -0.147. The number of hydrogen-bond acceptors (Lipinski definition) is 7. The first-order chi connectivity index (χ1) is 16.3. The maximum absolute atomic E-state index is 12.2. The zero-order valence-corrected chi connectivity index (χ0v) is 19.6. The van der Waals surface area contributed by atoms with Gasteiger partial charge in [0.15, 0.2) is 6.61 Å². The van der Waals surface area contributed by atoms with Gasteiger partial charge in [0.1, 0.15) is 5.75 Å². The smallest absolute Gasteiger partial charge is 0.338 e. The van der Waals surface area contributed by atoms with E-state index in [1.54, 1.807) is 42.5 Å². The number of rotatable bonds is 12. The molecule has 182 valence electrons. The van der Waals surface area contributed by atoms with Crippen molar-refractivity contribution in [2.24, 2.45) is 5.92 Å². The number of benzene rings is 2. The molecule has 0 heterocycles. The number of carbonyl (C=O) groups is 4. The first kappa shape index (κ1) is 26.4. The molecule has 9 nitrogen and oxygen atoms in total. The Morgan fingerprint density at radius 3 is 2.38 bits per heavy atom. The van der Waals surface area contributed by atoms with Crippen LogP contribution in [0.5, 0.6) is 5.75 Å². The zero-order chi connectivity index (χ0) is 24.9. The van der Waals surface area contributed by atoms with E-state index in [2.05, 4.69) is 10.6 Å². The lowest BCUT2D eigenvalue weighted by Crippen LogP contribution is -2.22. The molecule has 0 aliphatic rings. The molecule has 34 heavy (non-hydrogen) atoms. The molecule has 0 spiro atoms. The van der Waals surface area contributed by atoms with Gasteiger partial charge in [-0.15, -0.1) is 0 Å². The first-order valence-electron chi connectivity index (χ1n) is 11.0. The number of carbonyl (C=O) groups excluding carboxylic acids is 4. The summed E-state index contributed by atoms with van der Waals surface area (Å²) in [7, 11) is 0. The second kappa shape index (κ2) is 13.6. The van der Waals surface area contributed by atoms with Gasteiger partial charge in [0.25, 0.3) is 5.91 Å². The summed E-state index contributed by atoms with van der Waals surface area (Å²) in [5.41, 5.74) is 1.19. The first-order valence-corrected chi connectivity index (χ1v) is 11.0. The van der Waals surface area contributed by atoms with Gasteiger partial charge in [-0.3, -0.25) is 14.4 Å². The predicted molar refractivity (Wildman–Crippen MR) is 127 cm³/mol. The summed E-state index contributed by atoms with van der Waals surface area (Å²) in [4.78, 5) is 48.2. The molecule has 0 saturated carbocycles. The average Bonchev–Trinajstić information content (AvgIpc) is 2.81. The van der Waals surface area contributed by atoms with Crippen LogP contribution in [0.1, 0.15) is 44.0 Å². The molecule has 0 saturated heterocycles. The van der Waals surface area contributed by atoms with Gasteiger partial charge < -0.3 is 24.8 Å². The number of nitrogens with one attached hydrogen (secondary N) is 2. The molecule has 0 fully saturated rings. The fourth-order valence-corrected chi connectivity index (χ4v) is 2.74. The number of esters is 2. The summed E-state index contributed by atoms with van der Waals surface area (Å²) in [6.07, 6.45) is -0.347. The Hall–Kier alpha value is -3.88. The second-order valence-corrected chi connectivity index (χ2v) is 7.76. The van der Waals surface area contributed by atoms with Gasteiger partial charge in [0, 0.05) is 12.1 Å². The van der Waals surface area contributed by atoms with E-state index in [0.29, 0.717) is 35.9 Å². The van der Waals surface area contributed by atoms with Gasteiger partial charge >= 0.3 is 11.9 Å². The summed E-state index contributed by atoms with van der Waals surface area (Å²) in [5, 5.41) is 5.24. The van der Waals surface area contributed by atoms with E-state index in [1.165, 1.54) is 6.07 Å².